The summed E-state index contributed by atoms with van der Waals surface area (Å²) < 4.78 is 32.6. The summed E-state index contributed by atoms with van der Waals surface area (Å²) in [5.41, 5.74) is 5.32. The van der Waals surface area contributed by atoms with Gasteiger partial charge in [-0.15, -0.1) is 0 Å². The fraction of sp³-hybridized carbons (Fsp3) is 0.895. The predicted molar refractivity (Wildman–Crippen MR) is 197 cm³/mol. The second-order valence-electron chi connectivity index (χ2n) is 13.2. The molecule has 0 saturated heterocycles. The number of carbonyl (C=O) groups excluding carboxylic acids is 2. The molecule has 0 aromatic carbocycles. The van der Waals surface area contributed by atoms with Crippen molar-refractivity contribution in [3.63, 3.8) is 0 Å². The molecule has 0 spiro atoms. The topological polar surface area (TPSA) is 134 Å². The standard InChI is InChI=1S/C38H74NO8P/c1-3-5-7-9-11-13-14-15-16-17-18-19-20-21-22-23-25-27-29-31-38(41)47-36(35-46-48(42,43)45-33-32-39)34-44-37(40)30-28-26-24-12-10-8-6-4-2/h15-16,36H,3-14,17-35,39H2,1-2H3,(H,42,43)/b16-15-. The smallest absolute Gasteiger partial charge is 0.462 e. The highest BCUT2D eigenvalue weighted by Gasteiger charge is 2.25. The van der Waals surface area contributed by atoms with Crippen molar-refractivity contribution in [2.75, 3.05) is 26.4 Å². The van der Waals surface area contributed by atoms with Crippen LogP contribution in [0.5, 0.6) is 0 Å². The summed E-state index contributed by atoms with van der Waals surface area (Å²) in [5.74, 6) is -0.830. The molecule has 0 heterocycles. The Labute approximate surface area is 294 Å². The molecule has 48 heavy (non-hydrogen) atoms. The second-order valence-corrected chi connectivity index (χ2v) is 14.6. The average Bonchev–Trinajstić information content (AvgIpc) is 3.07. The SMILES string of the molecule is CCCCCCCC/C=C\CCCCCCCCCCCC(=O)OC(COC(=O)CCCCCCCCCC)COP(=O)(O)OCCN. The van der Waals surface area contributed by atoms with Crippen molar-refractivity contribution in [2.24, 2.45) is 5.73 Å². The van der Waals surface area contributed by atoms with Crippen LogP contribution in [-0.4, -0.2) is 49.3 Å². The van der Waals surface area contributed by atoms with Gasteiger partial charge in [-0.2, -0.15) is 0 Å². The minimum atomic E-state index is -4.36. The molecule has 0 aromatic rings. The number of phosphoric acid groups is 1. The minimum Gasteiger partial charge on any atom is -0.462 e. The number of allylic oxidation sites excluding steroid dienone is 2. The van der Waals surface area contributed by atoms with E-state index in [-0.39, 0.29) is 38.6 Å². The fourth-order valence-electron chi connectivity index (χ4n) is 5.45. The molecule has 0 saturated carbocycles. The van der Waals surface area contributed by atoms with Gasteiger partial charge in [-0.3, -0.25) is 18.6 Å². The summed E-state index contributed by atoms with van der Waals surface area (Å²) in [5, 5.41) is 0. The van der Waals surface area contributed by atoms with Crippen molar-refractivity contribution in [3.05, 3.63) is 12.2 Å². The van der Waals surface area contributed by atoms with Gasteiger partial charge in [-0.1, -0.05) is 148 Å². The number of hydrogen-bond donors (Lipinski definition) is 2. The Morgan fingerprint density at radius 2 is 1.02 bits per heavy atom. The number of hydrogen-bond acceptors (Lipinski definition) is 8. The molecule has 0 aliphatic heterocycles. The zero-order valence-corrected chi connectivity index (χ0v) is 31.9. The number of rotatable bonds is 37. The van der Waals surface area contributed by atoms with E-state index in [0.29, 0.717) is 6.42 Å². The van der Waals surface area contributed by atoms with Crippen molar-refractivity contribution in [1.82, 2.24) is 0 Å². The van der Waals surface area contributed by atoms with Crippen LogP contribution in [0.3, 0.4) is 0 Å². The zero-order chi connectivity index (χ0) is 35.4. The molecule has 10 heteroatoms. The Morgan fingerprint density at radius 3 is 1.48 bits per heavy atom. The van der Waals surface area contributed by atoms with Gasteiger partial charge in [0.2, 0.25) is 0 Å². The third-order valence-electron chi connectivity index (χ3n) is 8.40. The van der Waals surface area contributed by atoms with Crippen molar-refractivity contribution < 1.29 is 37.6 Å². The number of carbonyl (C=O) groups is 2. The fourth-order valence-corrected chi connectivity index (χ4v) is 6.22. The largest absolute Gasteiger partial charge is 0.472 e. The number of ether oxygens (including phenoxy) is 2. The van der Waals surface area contributed by atoms with E-state index in [0.717, 1.165) is 38.5 Å². The van der Waals surface area contributed by atoms with Crippen LogP contribution < -0.4 is 5.73 Å². The normalized spacial score (nSPS) is 13.5. The summed E-state index contributed by atoms with van der Waals surface area (Å²) in [6, 6.07) is 0. The first kappa shape index (κ1) is 46.8. The maximum absolute atomic E-state index is 12.5. The van der Waals surface area contributed by atoms with Crippen LogP contribution in [0.15, 0.2) is 12.2 Å². The van der Waals surface area contributed by atoms with Crippen LogP contribution in [0.2, 0.25) is 0 Å². The summed E-state index contributed by atoms with van der Waals surface area (Å²) >= 11 is 0. The molecule has 2 atom stereocenters. The first-order valence-electron chi connectivity index (χ1n) is 19.7. The molecule has 0 aliphatic carbocycles. The van der Waals surface area contributed by atoms with Crippen molar-refractivity contribution in [2.45, 2.75) is 193 Å². The first-order chi connectivity index (χ1) is 23.3. The zero-order valence-electron chi connectivity index (χ0n) is 31.0. The van der Waals surface area contributed by atoms with Gasteiger partial charge >= 0.3 is 19.8 Å². The van der Waals surface area contributed by atoms with Gasteiger partial charge in [0.15, 0.2) is 6.10 Å². The van der Waals surface area contributed by atoms with Crippen molar-refractivity contribution in [3.8, 4) is 0 Å². The molecule has 284 valence electrons. The van der Waals surface area contributed by atoms with Gasteiger partial charge in [0.05, 0.1) is 13.2 Å². The number of phosphoric ester groups is 1. The highest BCUT2D eigenvalue weighted by molar-refractivity contribution is 7.47. The maximum Gasteiger partial charge on any atom is 0.472 e. The molecule has 0 rings (SSSR count). The molecule has 3 N–H and O–H groups in total. The highest BCUT2D eigenvalue weighted by atomic mass is 31.2. The molecule has 2 unspecified atom stereocenters. The van der Waals surface area contributed by atoms with E-state index >= 15 is 0 Å². The highest BCUT2D eigenvalue weighted by Crippen LogP contribution is 2.43. The van der Waals surface area contributed by atoms with Crippen LogP contribution in [0.25, 0.3) is 0 Å². The molecule has 9 nitrogen and oxygen atoms in total. The Kier molecular flexibility index (Phi) is 34.6. The van der Waals surface area contributed by atoms with Gasteiger partial charge in [-0.05, 0) is 38.5 Å². The van der Waals surface area contributed by atoms with Crippen molar-refractivity contribution >= 4 is 19.8 Å². The first-order valence-corrected chi connectivity index (χ1v) is 21.2. The minimum absolute atomic E-state index is 0.0555. The maximum atomic E-state index is 12.5. The monoisotopic (exact) mass is 704 g/mol. The molecule has 0 radical (unpaired) electrons. The molecule has 0 amide bonds. The molecular formula is C38H74NO8P. The predicted octanol–water partition coefficient (Wildman–Crippen LogP) is 10.7. The van der Waals surface area contributed by atoms with Gasteiger partial charge in [0.1, 0.15) is 6.61 Å². The quantitative estimate of drug-likeness (QED) is 0.0280. The number of nitrogens with two attached hydrogens (primary N) is 1. The van der Waals surface area contributed by atoms with E-state index in [2.05, 4.69) is 26.0 Å². The lowest BCUT2D eigenvalue weighted by molar-refractivity contribution is -0.161. The Morgan fingerprint density at radius 1 is 0.604 bits per heavy atom. The Balaban J connectivity index is 4.10. The molecule has 0 aromatic heterocycles. The van der Waals surface area contributed by atoms with E-state index in [4.69, 9.17) is 24.3 Å². The van der Waals surface area contributed by atoms with Crippen LogP contribution in [0, 0.1) is 0 Å². The van der Waals surface area contributed by atoms with E-state index in [1.54, 1.807) is 0 Å². The Bertz CT molecular complexity index is 810. The van der Waals surface area contributed by atoms with E-state index < -0.39 is 26.5 Å². The summed E-state index contributed by atoms with van der Waals surface area (Å²) in [7, 11) is -4.36. The lowest BCUT2D eigenvalue weighted by Gasteiger charge is -2.19. The van der Waals surface area contributed by atoms with Crippen LogP contribution >= 0.6 is 7.82 Å². The molecule has 0 aliphatic rings. The lowest BCUT2D eigenvalue weighted by Crippen LogP contribution is -2.29. The van der Waals surface area contributed by atoms with Crippen LogP contribution in [-0.2, 0) is 32.7 Å². The molecule has 0 fully saturated rings. The number of esters is 2. The van der Waals surface area contributed by atoms with Gasteiger partial charge in [-0.25, -0.2) is 4.57 Å². The number of unbranched alkanes of at least 4 members (excludes halogenated alkanes) is 22. The Hall–Kier alpha value is -1.25. The average molecular weight is 704 g/mol. The molecule has 0 bridgehead atoms. The summed E-state index contributed by atoms with van der Waals surface area (Å²) in [4.78, 5) is 34.6. The summed E-state index contributed by atoms with van der Waals surface area (Å²) in [6.45, 7) is 3.70. The third-order valence-corrected chi connectivity index (χ3v) is 9.39. The van der Waals surface area contributed by atoms with Gasteiger partial charge < -0.3 is 20.1 Å². The van der Waals surface area contributed by atoms with E-state index in [9.17, 15) is 19.0 Å². The second kappa shape index (κ2) is 35.6. The van der Waals surface area contributed by atoms with E-state index in [1.165, 1.54) is 116 Å². The summed E-state index contributed by atoms with van der Waals surface area (Å²) in [6.07, 6.45) is 34.0. The van der Waals surface area contributed by atoms with E-state index in [1.807, 2.05) is 0 Å². The van der Waals surface area contributed by atoms with Crippen molar-refractivity contribution in [1.29, 1.82) is 0 Å². The van der Waals surface area contributed by atoms with Crippen LogP contribution in [0.4, 0.5) is 0 Å². The third kappa shape index (κ3) is 34.6. The lowest BCUT2D eigenvalue weighted by atomic mass is 10.1. The van der Waals surface area contributed by atoms with Crippen LogP contribution in [0.1, 0.15) is 187 Å². The van der Waals surface area contributed by atoms with Gasteiger partial charge in [0.25, 0.3) is 0 Å². The molecular weight excluding hydrogens is 629 g/mol. The van der Waals surface area contributed by atoms with Gasteiger partial charge in [0, 0.05) is 19.4 Å².